The third kappa shape index (κ3) is 2.49. The van der Waals surface area contributed by atoms with Crippen molar-refractivity contribution in [2.45, 2.75) is 26.4 Å². The van der Waals surface area contributed by atoms with E-state index in [1.807, 2.05) is 48.8 Å². The number of nitrogens with one attached hydrogen (secondary N) is 1. The lowest BCUT2D eigenvalue weighted by Gasteiger charge is -2.36. The minimum atomic E-state index is -0.434. The van der Waals surface area contributed by atoms with Crippen LogP contribution >= 0.6 is 0 Å². The summed E-state index contributed by atoms with van der Waals surface area (Å²) in [6.45, 7) is 4.31. The zero-order chi connectivity index (χ0) is 15.0. The van der Waals surface area contributed by atoms with Crippen LogP contribution in [0.15, 0.2) is 30.6 Å². The first kappa shape index (κ1) is 13.6. The van der Waals surface area contributed by atoms with Crippen molar-refractivity contribution in [3.63, 3.8) is 0 Å². The molecular formula is C15H18N4O2. The number of aromatic nitrogens is 2. The number of piperazine rings is 1. The number of hydrogen-bond acceptors (Lipinski definition) is 3. The monoisotopic (exact) mass is 286 g/mol. The van der Waals surface area contributed by atoms with E-state index in [1.165, 1.54) is 0 Å². The van der Waals surface area contributed by atoms with Gasteiger partial charge in [-0.1, -0.05) is 19.9 Å². The molecule has 2 aromatic rings. The van der Waals surface area contributed by atoms with E-state index in [4.69, 9.17) is 0 Å². The van der Waals surface area contributed by atoms with Crippen LogP contribution in [0.5, 0.6) is 0 Å². The Labute approximate surface area is 122 Å². The summed E-state index contributed by atoms with van der Waals surface area (Å²) in [5.41, 5.74) is 1.62. The largest absolute Gasteiger partial charge is 0.345 e. The Balaban J connectivity index is 1.89. The molecule has 2 aromatic heterocycles. The van der Waals surface area contributed by atoms with Crippen LogP contribution in [-0.4, -0.2) is 38.7 Å². The number of rotatable bonds is 3. The molecule has 1 N–H and O–H groups in total. The summed E-state index contributed by atoms with van der Waals surface area (Å²) < 4.78 is 1.91. The summed E-state index contributed by atoms with van der Waals surface area (Å²) in [5.74, 6) is -0.0926. The first-order valence-electron chi connectivity index (χ1n) is 7.06. The Morgan fingerprint density at radius 2 is 2.19 bits per heavy atom. The number of pyridine rings is 1. The first-order chi connectivity index (χ1) is 10.1. The topological polar surface area (TPSA) is 66.7 Å². The van der Waals surface area contributed by atoms with Crippen molar-refractivity contribution in [3.05, 3.63) is 36.3 Å². The van der Waals surface area contributed by atoms with Crippen LogP contribution in [-0.2, 0) is 16.1 Å². The number of amides is 2. The van der Waals surface area contributed by atoms with Gasteiger partial charge in [-0.15, -0.1) is 0 Å². The van der Waals surface area contributed by atoms with Gasteiger partial charge in [0.1, 0.15) is 11.7 Å². The van der Waals surface area contributed by atoms with Crippen molar-refractivity contribution in [1.82, 2.24) is 19.6 Å². The minimum Gasteiger partial charge on any atom is -0.345 e. The normalized spacial score (nSPS) is 19.4. The Hall–Kier alpha value is -2.37. The van der Waals surface area contributed by atoms with Crippen molar-refractivity contribution in [3.8, 4) is 0 Å². The van der Waals surface area contributed by atoms with Crippen molar-refractivity contribution in [1.29, 1.82) is 0 Å². The van der Waals surface area contributed by atoms with E-state index in [0.717, 1.165) is 11.3 Å². The molecule has 1 aliphatic rings. The molecule has 0 bridgehead atoms. The molecule has 0 saturated carbocycles. The molecule has 0 spiro atoms. The molecule has 2 amide bonds. The van der Waals surface area contributed by atoms with Gasteiger partial charge in [0.15, 0.2) is 0 Å². The van der Waals surface area contributed by atoms with Gasteiger partial charge in [0.05, 0.1) is 18.8 Å². The number of carbonyl (C=O) groups is 2. The molecule has 6 heteroatoms. The average Bonchev–Trinajstić information content (AvgIpc) is 2.85. The third-order valence-corrected chi connectivity index (χ3v) is 3.72. The van der Waals surface area contributed by atoms with Gasteiger partial charge in [0, 0.05) is 12.4 Å². The fourth-order valence-corrected chi connectivity index (χ4v) is 2.75. The smallest absolute Gasteiger partial charge is 0.243 e. The van der Waals surface area contributed by atoms with E-state index in [1.54, 1.807) is 4.90 Å². The predicted molar refractivity (Wildman–Crippen MR) is 77.4 cm³/mol. The summed E-state index contributed by atoms with van der Waals surface area (Å²) in [6, 6.07) is 5.32. The van der Waals surface area contributed by atoms with Crippen LogP contribution in [0.2, 0.25) is 0 Å². The maximum absolute atomic E-state index is 12.2. The highest BCUT2D eigenvalue weighted by Crippen LogP contribution is 2.18. The molecule has 1 atom stereocenters. The summed E-state index contributed by atoms with van der Waals surface area (Å²) >= 11 is 0. The van der Waals surface area contributed by atoms with E-state index in [2.05, 4.69) is 10.3 Å². The summed E-state index contributed by atoms with van der Waals surface area (Å²) in [6.07, 6.45) is 3.81. The van der Waals surface area contributed by atoms with Crippen molar-refractivity contribution >= 4 is 17.5 Å². The molecule has 1 fully saturated rings. The Kier molecular flexibility index (Phi) is 3.37. The zero-order valence-corrected chi connectivity index (χ0v) is 12.1. The molecule has 1 aliphatic heterocycles. The molecular weight excluding hydrogens is 268 g/mol. The van der Waals surface area contributed by atoms with Gasteiger partial charge in [-0.3, -0.25) is 9.59 Å². The van der Waals surface area contributed by atoms with E-state index < -0.39 is 6.04 Å². The predicted octanol–water partition coefficient (Wildman–Crippen LogP) is 0.817. The standard InChI is InChI=1S/C15H18N4O2/c1-10(2)14-15(21)16-7-13(20)19(14)9-11-8-18-6-4-3-5-12(18)17-11/h3-6,8,10,14H,7,9H2,1-2H3,(H,16,21). The summed E-state index contributed by atoms with van der Waals surface area (Å²) in [7, 11) is 0. The van der Waals surface area contributed by atoms with Gasteiger partial charge >= 0.3 is 0 Å². The van der Waals surface area contributed by atoms with E-state index in [0.29, 0.717) is 6.54 Å². The van der Waals surface area contributed by atoms with Crippen molar-refractivity contribution in [2.24, 2.45) is 5.92 Å². The maximum Gasteiger partial charge on any atom is 0.243 e. The highest BCUT2D eigenvalue weighted by Gasteiger charge is 2.36. The molecule has 21 heavy (non-hydrogen) atoms. The summed E-state index contributed by atoms with van der Waals surface area (Å²) in [4.78, 5) is 30.3. The third-order valence-electron chi connectivity index (χ3n) is 3.72. The van der Waals surface area contributed by atoms with Crippen LogP contribution < -0.4 is 5.32 Å². The second-order valence-corrected chi connectivity index (χ2v) is 5.63. The van der Waals surface area contributed by atoms with Crippen LogP contribution in [0, 0.1) is 5.92 Å². The zero-order valence-electron chi connectivity index (χ0n) is 12.1. The van der Waals surface area contributed by atoms with Gasteiger partial charge in [0.25, 0.3) is 0 Å². The lowest BCUT2D eigenvalue weighted by Crippen LogP contribution is -2.59. The van der Waals surface area contributed by atoms with Crippen molar-refractivity contribution < 1.29 is 9.59 Å². The number of hydrogen-bond donors (Lipinski definition) is 1. The number of carbonyl (C=O) groups excluding carboxylic acids is 2. The van der Waals surface area contributed by atoms with Gasteiger partial charge in [-0.05, 0) is 18.1 Å². The quantitative estimate of drug-likeness (QED) is 0.908. The van der Waals surface area contributed by atoms with Gasteiger partial charge in [-0.2, -0.15) is 0 Å². The number of nitrogens with zero attached hydrogens (tertiary/aromatic N) is 3. The molecule has 0 radical (unpaired) electrons. The average molecular weight is 286 g/mol. The van der Waals surface area contributed by atoms with Gasteiger partial charge in [0.2, 0.25) is 11.8 Å². The molecule has 110 valence electrons. The maximum atomic E-state index is 12.2. The van der Waals surface area contributed by atoms with Crippen LogP contribution in [0.4, 0.5) is 0 Å². The fourth-order valence-electron chi connectivity index (χ4n) is 2.75. The first-order valence-corrected chi connectivity index (χ1v) is 7.06. The second kappa shape index (κ2) is 5.20. The molecule has 0 aliphatic carbocycles. The van der Waals surface area contributed by atoms with Gasteiger partial charge < -0.3 is 14.6 Å². The van der Waals surface area contributed by atoms with Gasteiger partial charge in [-0.25, -0.2) is 4.98 Å². The molecule has 0 aromatic carbocycles. The van der Waals surface area contributed by atoms with Crippen LogP contribution in [0.1, 0.15) is 19.5 Å². The molecule has 1 saturated heterocycles. The van der Waals surface area contributed by atoms with E-state index in [-0.39, 0.29) is 24.3 Å². The SMILES string of the molecule is CC(C)C1C(=O)NCC(=O)N1Cc1cn2ccccc2n1. The molecule has 3 rings (SSSR count). The van der Waals surface area contributed by atoms with E-state index >= 15 is 0 Å². The van der Waals surface area contributed by atoms with E-state index in [9.17, 15) is 9.59 Å². The Bertz CT molecular complexity index is 659. The summed E-state index contributed by atoms with van der Waals surface area (Å²) in [5, 5.41) is 2.65. The lowest BCUT2D eigenvalue weighted by molar-refractivity contribution is -0.148. The fraction of sp³-hybridized carbons (Fsp3) is 0.400. The lowest BCUT2D eigenvalue weighted by atomic mass is 9.99. The Morgan fingerprint density at radius 1 is 1.38 bits per heavy atom. The second-order valence-electron chi connectivity index (χ2n) is 5.63. The highest BCUT2D eigenvalue weighted by atomic mass is 16.2. The van der Waals surface area contributed by atoms with Crippen LogP contribution in [0.25, 0.3) is 5.65 Å². The van der Waals surface area contributed by atoms with Crippen LogP contribution in [0.3, 0.4) is 0 Å². The number of imidazole rings is 1. The highest BCUT2D eigenvalue weighted by molar-refractivity contribution is 5.94. The molecule has 1 unspecified atom stereocenters. The number of fused-ring (bicyclic) bond motifs is 1. The Morgan fingerprint density at radius 3 is 2.90 bits per heavy atom. The van der Waals surface area contributed by atoms with Crippen molar-refractivity contribution in [2.75, 3.05) is 6.54 Å². The molecule has 6 nitrogen and oxygen atoms in total. The minimum absolute atomic E-state index is 0.0614. The molecule has 3 heterocycles.